The van der Waals surface area contributed by atoms with Crippen LogP contribution in [0.25, 0.3) is 0 Å². The molecule has 1 aromatic carbocycles. The van der Waals surface area contributed by atoms with Crippen LogP contribution in [0.1, 0.15) is 11.1 Å². The number of rotatable bonds is 0. The van der Waals surface area contributed by atoms with Crippen molar-refractivity contribution in [2.24, 2.45) is 0 Å². The molecular formula is C12H15F3N2O. The van der Waals surface area contributed by atoms with Gasteiger partial charge >= 0.3 is 6.18 Å². The van der Waals surface area contributed by atoms with Crippen LogP contribution in [-0.2, 0) is 17.5 Å². The molecule has 0 bridgehead atoms. The summed E-state index contributed by atoms with van der Waals surface area (Å²) in [5.41, 5.74) is 0.205. The minimum absolute atomic E-state index is 0.182. The molecule has 0 radical (unpaired) electrons. The Morgan fingerprint density at radius 3 is 2.67 bits per heavy atom. The van der Waals surface area contributed by atoms with Crippen molar-refractivity contribution >= 4 is 5.69 Å². The van der Waals surface area contributed by atoms with Crippen molar-refractivity contribution in [3.8, 4) is 0 Å². The van der Waals surface area contributed by atoms with E-state index in [2.05, 4.69) is 10.6 Å². The standard InChI is InChI=1S/C12H15F3N2O/c13-12(14,15)10-2-1-3-11-9(10)8-16-4-6-18-7-5-17-11/h1-3,16-17H,4-8H2. The largest absolute Gasteiger partial charge is 0.416 e. The molecule has 2 N–H and O–H groups in total. The molecule has 2 rings (SSSR count). The highest BCUT2D eigenvalue weighted by Gasteiger charge is 2.34. The average Bonchev–Trinajstić information content (AvgIpc) is 2.33. The van der Waals surface area contributed by atoms with Crippen LogP contribution in [0.4, 0.5) is 18.9 Å². The maximum Gasteiger partial charge on any atom is 0.416 e. The smallest absolute Gasteiger partial charge is 0.382 e. The molecule has 1 heterocycles. The number of fused-ring (bicyclic) bond motifs is 1. The maximum absolute atomic E-state index is 12.9. The van der Waals surface area contributed by atoms with E-state index in [1.54, 1.807) is 6.07 Å². The van der Waals surface area contributed by atoms with Gasteiger partial charge in [-0.1, -0.05) is 6.07 Å². The van der Waals surface area contributed by atoms with Crippen LogP contribution in [0.15, 0.2) is 18.2 Å². The van der Waals surface area contributed by atoms with E-state index in [-0.39, 0.29) is 12.1 Å². The molecule has 0 aliphatic carbocycles. The Balaban J connectivity index is 2.33. The molecule has 3 nitrogen and oxygen atoms in total. The topological polar surface area (TPSA) is 33.3 Å². The zero-order valence-corrected chi connectivity index (χ0v) is 9.81. The molecule has 0 spiro atoms. The van der Waals surface area contributed by atoms with Crippen molar-refractivity contribution in [3.63, 3.8) is 0 Å². The molecular weight excluding hydrogens is 245 g/mol. The van der Waals surface area contributed by atoms with Gasteiger partial charge in [-0.3, -0.25) is 0 Å². The molecule has 0 fully saturated rings. The summed E-state index contributed by atoms with van der Waals surface area (Å²) in [5.74, 6) is 0. The zero-order chi connectivity index (χ0) is 13.0. The Hall–Kier alpha value is -1.27. The number of halogens is 3. The quantitative estimate of drug-likeness (QED) is 0.750. The second-order valence-electron chi connectivity index (χ2n) is 4.05. The summed E-state index contributed by atoms with van der Waals surface area (Å²) in [4.78, 5) is 0. The summed E-state index contributed by atoms with van der Waals surface area (Å²) < 4.78 is 44.0. The van der Waals surface area contributed by atoms with Crippen molar-refractivity contribution in [2.75, 3.05) is 31.6 Å². The fourth-order valence-electron chi connectivity index (χ4n) is 1.93. The SMILES string of the molecule is FC(F)(F)c1cccc2c1CNCCOCCN2. The van der Waals surface area contributed by atoms with Crippen LogP contribution < -0.4 is 10.6 Å². The zero-order valence-electron chi connectivity index (χ0n) is 9.81. The Bertz CT molecular complexity index is 407. The number of anilines is 1. The minimum Gasteiger partial charge on any atom is -0.382 e. The molecule has 0 atom stereocenters. The second-order valence-corrected chi connectivity index (χ2v) is 4.05. The van der Waals surface area contributed by atoms with Gasteiger partial charge < -0.3 is 15.4 Å². The summed E-state index contributed by atoms with van der Waals surface area (Å²) in [6, 6.07) is 4.19. The van der Waals surface area contributed by atoms with E-state index in [0.717, 1.165) is 6.07 Å². The molecule has 0 amide bonds. The number of benzene rings is 1. The number of hydrogen-bond donors (Lipinski definition) is 2. The number of ether oxygens (including phenoxy) is 1. The third kappa shape index (κ3) is 3.14. The fraction of sp³-hybridized carbons (Fsp3) is 0.500. The molecule has 1 aliphatic rings. The van der Waals surface area contributed by atoms with Crippen LogP contribution >= 0.6 is 0 Å². The van der Waals surface area contributed by atoms with Gasteiger partial charge in [0.2, 0.25) is 0 Å². The first-order valence-electron chi connectivity index (χ1n) is 5.80. The van der Waals surface area contributed by atoms with Crippen LogP contribution in [0.5, 0.6) is 0 Å². The molecule has 0 saturated heterocycles. The number of nitrogens with one attached hydrogen (secondary N) is 2. The molecule has 18 heavy (non-hydrogen) atoms. The first-order valence-corrected chi connectivity index (χ1v) is 5.80. The van der Waals surface area contributed by atoms with Crippen molar-refractivity contribution in [2.45, 2.75) is 12.7 Å². The maximum atomic E-state index is 12.9. The average molecular weight is 260 g/mol. The van der Waals surface area contributed by atoms with Gasteiger partial charge in [-0.2, -0.15) is 13.2 Å². The highest BCUT2D eigenvalue weighted by Crippen LogP contribution is 2.35. The van der Waals surface area contributed by atoms with Crippen molar-refractivity contribution in [3.05, 3.63) is 29.3 Å². The van der Waals surface area contributed by atoms with E-state index in [4.69, 9.17) is 4.74 Å². The van der Waals surface area contributed by atoms with Gasteiger partial charge in [0, 0.05) is 30.9 Å². The highest BCUT2D eigenvalue weighted by atomic mass is 19.4. The predicted molar refractivity (Wildman–Crippen MR) is 62.5 cm³/mol. The van der Waals surface area contributed by atoms with E-state index >= 15 is 0 Å². The molecule has 100 valence electrons. The molecule has 6 heteroatoms. The lowest BCUT2D eigenvalue weighted by Gasteiger charge is -2.20. The molecule has 1 aliphatic heterocycles. The fourth-order valence-corrected chi connectivity index (χ4v) is 1.93. The summed E-state index contributed by atoms with van der Waals surface area (Å²) in [7, 11) is 0. The number of hydrogen-bond acceptors (Lipinski definition) is 3. The van der Waals surface area contributed by atoms with Crippen molar-refractivity contribution in [1.29, 1.82) is 0 Å². The molecule has 0 unspecified atom stereocenters. The lowest BCUT2D eigenvalue weighted by Crippen LogP contribution is -2.25. The van der Waals surface area contributed by atoms with Gasteiger partial charge in [0.25, 0.3) is 0 Å². The van der Waals surface area contributed by atoms with Crippen LogP contribution in [0, 0.1) is 0 Å². The second kappa shape index (κ2) is 5.58. The first-order chi connectivity index (χ1) is 8.59. The Morgan fingerprint density at radius 1 is 1.11 bits per heavy atom. The van der Waals surface area contributed by atoms with E-state index in [1.165, 1.54) is 6.07 Å². The van der Waals surface area contributed by atoms with Gasteiger partial charge in [0.1, 0.15) is 0 Å². The third-order valence-electron chi connectivity index (χ3n) is 2.77. The minimum atomic E-state index is -4.32. The predicted octanol–water partition coefficient (Wildman–Crippen LogP) is 2.24. The molecule has 0 saturated carbocycles. The van der Waals surface area contributed by atoms with Crippen LogP contribution in [-0.4, -0.2) is 26.3 Å². The van der Waals surface area contributed by atoms with E-state index in [0.29, 0.717) is 32.0 Å². The van der Waals surface area contributed by atoms with E-state index < -0.39 is 11.7 Å². The lowest BCUT2D eigenvalue weighted by molar-refractivity contribution is -0.138. The normalized spacial score (nSPS) is 17.7. The van der Waals surface area contributed by atoms with Gasteiger partial charge in [-0.15, -0.1) is 0 Å². The molecule has 1 aromatic rings. The van der Waals surface area contributed by atoms with E-state index in [9.17, 15) is 13.2 Å². The lowest BCUT2D eigenvalue weighted by atomic mass is 10.0. The van der Waals surface area contributed by atoms with Crippen molar-refractivity contribution in [1.82, 2.24) is 5.32 Å². The Morgan fingerprint density at radius 2 is 1.89 bits per heavy atom. The summed E-state index contributed by atoms with van der Waals surface area (Å²) in [6.45, 7) is 2.23. The van der Waals surface area contributed by atoms with Gasteiger partial charge in [-0.25, -0.2) is 0 Å². The van der Waals surface area contributed by atoms with Crippen LogP contribution in [0.3, 0.4) is 0 Å². The first kappa shape index (κ1) is 13.2. The summed E-state index contributed by atoms with van der Waals surface area (Å²) in [5, 5.41) is 5.94. The summed E-state index contributed by atoms with van der Waals surface area (Å²) >= 11 is 0. The highest BCUT2D eigenvalue weighted by molar-refractivity contribution is 5.55. The number of alkyl halides is 3. The molecule has 0 aromatic heterocycles. The van der Waals surface area contributed by atoms with Crippen LogP contribution in [0.2, 0.25) is 0 Å². The van der Waals surface area contributed by atoms with Gasteiger partial charge in [0.05, 0.1) is 18.8 Å². The van der Waals surface area contributed by atoms with Gasteiger partial charge in [0.15, 0.2) is 0 Å². The Kier molecular flexibility index (Phi) is 4.08. The van der Waals surface area contributed by atoms with Gasteiger partial charge in [-0.05, 0) is 12.1 Å². The van der Waals surface area contributed by atoms with E-state index in [1.807, 2.05) is 0 Å². The monoisotopic (exact) mass is 260 g/mol. The third-order valence-corrected chi connectivity index (χ3v) is 2.77. The Labute approximate surface area is 103 Å². The van der Waals surface area contributed by atoms with Crippen molar-refractivity contribution < 1.29 is 17.9 Å². The summed E-state index contributed by atoms with van der Waals surface area (Å²) in [6.07, 6.45) is -4.32.